The summed E-state index contributed by atoms with van der Waals surface area (Å²) in [5.41, 5.74) is 24.8. The quantitative estimate of drug-likeness (QED) is 0.240. The highest BCUT2D eigenvalue weighted by Gasteiger charge is 2.62. The summed E-state index contributed by atoms with van der Waals surface area (Å²) in [6.07, 6.45) is 15.7. The number of aliphatic hydroxyl groups excluding tert-OH is 1. The molecule has 7 N–H and O–H groups in total. The molecule has 0 aliphatic heterocycles. The molecule has 210 valence electrons. The van der Waals surface area contributed by atoms with Crippen LogP contribution in [0.1, 0.15) is 98.0 Å². The van der Waals surface area contributed by atoms with E-state index in [-0.39, 0.29) is 5.54 Å². The predicted molar refractivity (Wildman–Crippen MR) is 160 cm³/mol. The largest absolute Gasteiger partial charge is 0.399 e. The number of allylic oxidation sites excluding steroid dienone is 3. The molecule has 9 atom stereocenters. The molecule has 4 aliphatic rings. The summed E-state index contributed by atoms with van der Waals surface area (Å²) in [5, 5.41) is 11.4. The van der Waals surface area contributed by atoms with Crippen molar-refractivity contribution in [2.45, 2.75) is 110 Å². The Morgan fingerprint density at radius 3 is 2.55 bits per heavy atom. The third-order valence-corrected chi connectivity index (χ3v) is 12.0. The van der Waals surface area contributed by atoms with Crippen molar-refractivity contribution >= 4 is 11.4 Å². The molecule has 3 saturated carbocycles. The third-order valence-electron chi connectivity index (χ3n) is 12.0. The Balaban J connectivity index is 1.41. The number of nitrogens with two attached hydrogens (primary N) is 3. The first-order valence-corrected chi connectivity index (χ1v) is 15.4. The van der Waals surface area contributed by atoms with Gasteiger partial charge >= 0.3 is 0 Å². The molecular formula is C34H53N3O. The molecule has 4 aliphatic carbocycles. The van der Waals surface area contributed by atoms with Crippen LogP contribution < -0.4 is 17.2 Å². The highest BCUT2D eigenvalue weighted by atomic mass is 16.3. The molecule has 4 heteroatoms. The molecule has 1 aromatic rings. The minimum Gasteiger partial charge on any atom is -0.399 e. The number of benzene rings is 1. The van der Waals surface area contributed by atoms with Gasteiger partial charge in [0.25, 0.3) is 0 Å². The fraction of sp³-hybridized carbons (Fsp3) is 0.706. The molecule has 0 radical (unpaired) electrons. The predicted octanol–water partition coefficient (Wildman–Crippen LogP) is 7.02. The lowest BCUT2D eigenvalue weighted by Crippen LogP contribution is -2.64. The number of fused-ring (bicyclic) bond motifs is 5. The van der Waals surface area contributed by atoms with Gasteiger partial charge in [0, 0.05) is 22.3 Å². The second-order valence-corrected chi connectivity index (χ2v) is 14.4. The number of nitrogen functional groups attached to an aromatic ring is 2. The molecule has 3 fully saturated rings. The SMILES string of the molecule is CC(C)=CCCC(C)C1CCC2C3CC=C4C(C)(Cc5ccc(N)cc5N)C(O)CCC4(N)C3CCC12C. The molecule has 0 bridgehead atoms. The monoisotopic (exact) mass is 519 g/mol. The van der Waals surface area contributed by atoms with Crippen LogP contribution in [0.5, 0.6) is 0 Å². The molecule has 0 aromatic heterocycles. The van der Waals surface area contributed by atoms with E-state index in [1.807, 2.05) is 18.2 Å². The van der Waals surface area contributed by atoms with E-state index in [1.54, 1.807) is 0 Å². The standard InChI is InChI=1S/C34H53N3O/c1-21(2)7-6-8-22(3)26-12-13-27-25-11-14-30-33(5,20-23-9-10-24(35)19-29(23)36)31(38)16-18-34(30,37)28(25)15-17-32(26,27)4/h7,9-10,14,19,22,25-28,31,38H,6,8,11-13,15-18,20,35-37H2,1-5H3. The van der Waals surface area contributed by atoms with Crippen molar-refractivity contribution in [1.29, 1.82) is 0 Å². The van der Waals surface area contributed by atoms with E-state index >= 15 is 0 Å². The highest BCUT2D eigenvalue weighted by molar-refractivity contribution is 5.57. The maximum absolute atomic E-state index is 11.4. The van der Waals surface area contributed by atoms with Crippen LogP contribution in [0.4, 0.5) is 11.4 Å². The van der Waals surface area contributed by atoms with E-state index in [0.29, 0.717) is 35.0 Å². The lowest BCUT2D eigenvalue weighted by atomic mass is 9.46. The molecule has 1 aromatic carbocycles. The van der Waals surface area contributed by atoms with Crippen LogP contribution in [0.3, 0.4) is 0 Å². The maximum Gasteiger partial charge on any atom is 0.0635 e. The van der Waals surface area contributed by atoms with E-state index in [0.717, 1.165) is 42.6 Å². The van der Waals surface area contributed by atoms with Gasteiger partial charge in [-0.05, 0) is 136 Å². The van der Waals surface area contributed by atoms with Crippen LogP contribution in [0.15, 0.2) is 41.5 Å². The van der Waals surface area contributed by atoms with E-state index < -0.39 is 11.5 Å². The third kappa shape index (κ3) is 4.44. The Morgan fingerprint density at radius 1 is 1.08 bits per heavy atom. The first kappa shape index (κ1) is 27.8. The zero-order chi connectivity index (χ0) is 27.5. The summed E-state index contributed by atoms with van der Waals surface area (Å²) in [7, 11) is 0. The van der Waals surface area contributed by atoms with Crippen molar-refractivity contribution in [3.63, 3.8) is 0 Å². The first-order valence-electron chi connectivity index (χ1n) is 15.4. The maximum atomic E-state index is 11.4. The van der Waals surface area contributed by atoms with E-state index in [1.165, 1.54) is 49.7 Å². The van der Waals surface area contributed by atoms with Crippen LogP contribution in [-0.2, 0) is 6.42 Å². The van der Waals surface area contributed by atoms with Crippen LogP contribution in [0, 0.1) is 40.4 Å². The Morgan fingerprint density at radius 2 is 1.84 bits per heavy atom. The van der Waals surface area contributed by atoms with Gasteiger partial charge in [-0.25, -0.2) is 0 Å². The Hall–Kier alpha value is -1.78. The van der Waals surface area contributed by atoms with Gasteiger partial charge < -0.3 is 22.3 Å². The van der Waals surface area contributed by atoms with E-state index in [9.17, 15) is 5.11 Å². The summed E-state index contributed by atoms with van der Waals surface area (Å²) in [4.78, 5) is 0. The van der Waals surface area contributed by atoms with Gasteiger partial charge in [-0.15, -0.1) is 0 Å². The molecule has 0 saturated heterocycles. The lowest BCUT2D eigenvalue weighted by Gasteiger charge is -2.61. The Bertz CT molecular complexity index is 1100. The fourth-order valence-corrected chi connectivity index (χ4v) is 10.1. The van der Waals surface area contributed by atoms with E-state index in [4.69, 9.17) is 17.2 Å². The number of rotatable bonds is 6. The van der Waals surface area contributed by atoms with Gasteiger partial charge in [0.1, 0.15) is 0 Å². The van der Waals surface area contributed by atoms with Crippen molar-refractivity contribution in [2.24, 2.45) is 46.2 Å². The van der Waals surface area contributed by atoms with Gasteiger partial charge in [-0.3, -0.25) is 0 Å². The van der Waals surface area contributed by atoms with Crippen LogP contribution in [0.2, 0.25) is 0 Å². The molecule has 9 unspecified atom stereocenters. The van der Waals surface area contributed by atoms with Crippen molar-refractivity contribution in [2.75, 3.05) is 11.5 Å². The molecule has 0 amide bonds. The smallest absolute Gasteiger partial charge is 0.0635 e. The fourth-order valence-electron chi connectivity index (χ4n) is 10.1. The number of aliphatic hydroxyl groups is 1. The zero-order valence-corrected chi connectivity index (χ0v) is 24.6. The van der Waals surface area contributed by atoms with Gasteiger partial charge in [0.05, 0.1) is 6.10 Å². The topological polar surface area (TPSA) is 98.3 Å². The summed E-state index contributed by atoms with van der Waals surface area (Å²) >= 11 is 0. The number of hydrogen-bond acceptors (Lipinski definition) is 4. The first-order chi connectivity index (χ1) is 17.9. The van der Waals surface area contributed by atoms with Crippen molar-refractivity contribution in [3.8, 4) is 0 Å². The summed E-state index contributed by atoms with van der Waals surface area (Å²) in [5.74, 6) is 3.54. The molecule has 38 heavy (non-hydrogen) atoms. The Labute approximate surface area is 231 Å². The minimum atomic E-state index is -0.412. The summed E-state index contributed by atoms with van der Waals surface area (Å²) < 4.78 is 0. The van der Waals surface area contributed by atoms with Gasteiger partial charge in [-0.1, -0.05) is 44.6 Å². The average molecular weight is 520 g/mol. The van der Waals surface area contributed by atoms with Crippen LogP contribution in [0.25, 0.3) is 0 Å². The van der Waals surface area contributed by atoms with Gasteiger partial charge in [0.15, 0.2) is 0 Å². The van der Waals surface area contributed by atoms with Crippen LogP contribution >= 0.6 is 0 Å². The lowest BCUT2D eigenvalue weighted by molar-refractivity contribution is -0.0580. The van der Waals surface area contributed by atoms with Gasteiger partial charge in [-0.2, -0.15) is 0 Å². The van der Waals surface area contributed by atoms with Crippen LogP contribution in [-0.4, -0.2) is 16.7 Å². The molecule has 5 rings (SSSR count). The Kier molecular flexibility index (Phi) is 7.31. The van der Waals surface area contributed by atoms with E-state index in [2.05, 4.69) is 46.8 Å². The van der Waals surface area contributed by atoms with Gasteiger partial charge in [0.2, 0.25) is 0 Å². The van der Waals surface area contributed by atoms with Crippen molar-refractivity contribution in [1.82, 2.24) is 0 Å². The van der Waals surface area contributed by atoms with Crippen molar-refractivity contribution in [3.05, 3.63) is 47.1 Å². The second-order valence-electron chi connectivity index (χ2n) is 14.4. The average Bonchev–Trinajstić information content (AvgIpc) is 3.21. The molecule has 4 nitrogen and oxygen atoms in total. The summed E-state index contributed by atoms with van der Waals surface area (Å²) in [6, 6.07) is 5.80. The van der Waals surface area contributed by atoms with Crippen molar-refractivity contribution < 1.29 is 5.11 Å². The molecule has 0 spiro atoms. The molecule has 0 heterocycles. The zero-order valence-electron chi connectivity index (χ0n) is 24.6. The summed E-state index contributed by atoms with van der Waals surface area (Å²) in [6.45, 7) is 11.8. The number of anilines is 2. The number of hydrogen-bond donors (Lipinski definition) is 4. The molecular weight excluding hydrogens is 466 g/mol. The second kappa shape index (κ2) is 10.0. The highest BCUT2D eigenvalue weighted by Crippen LogP contribution is 2.66. The minimum absolute atomic E-state index is 0.325. The normalized spacial score (nSPS) is 40.9.